The monoisotopic (exact) mass is 594 g/mol. The lowest BCUT2D eigenvalue weighted by atomic mass is 9.81. The second-order valence-electron chi connectivity index (χ2n) is 11.8. The largest absolute Gasteiger partial charge is 0.451 e. The molecule has 2 aliphatic rings. The summed E-state index contributed by atoms with van der Waals surface area (Å²) in [6.07, 6.45) is 2.04. The number of nitrogens with zero attached hydrogens (tertiary/aromatic N) is 3. The number of carbonyl (C=O) groups is 2. The lowest BCUT2D eigenvalue weighted by Gasteiger charge is -2.41. The molecule has 2 heterocycles. The first-order valence-electron chi connectivity index (χ1n) is 14.5. The van der Waals surface area contributed by atoms with E-state index in [0.29, 0.717) is 41.5 Å². The van der Waals surface area contributed by atoms with Crippen LogP contribution in [-0.2, 0) is 22.4 Å². The lowest BCUT2D eigenvalue weighted by Crippen LogP contribution is -2.50. The average Bonchev–Trinajstić information content (AvgIpc) is 3.12. The van der Waals surface area contributed by atoms with E-state index in [1.807, 2.05) is 39.8 Å². The number of hydrogen-bond acceptors (Lipinski definition) is 7. The number of rotatable bonds is 8. The minimum Gasteiger partial charge on any atom is -0.451 e. The molecule has 11 heteroatoms. The van der Waals surface area contributed by atoms with Crippen LogP contribution in [0.15, 0.2) is 47.4 Å². The molecule has 0 saturated heterocycles. The third-order valence-electron chi connectivity index (χ3n) is 8.17. The molecule has 3 aromatic rings. The molecule has 0 fully saturated rings. The van der Waals surface area contributed by atoms with Crippen LogP contribution >= 0.6 is 0 Å². The zero-order chi connectivity index (χ0) is 31.0. The molecule has 0 spiro atoms. The predicted octanol–water partition coefficient (Wildman–Crippen LogP) is 4.11. The van der Waals surface area contributed by atoms with E-state index in [-0.39, 0.29) is 29.9 Å². The number of nitrogens with two attached hydrogens (primary N) is 1. The first-order chi connectivity index (χ1) is 20.5. The summed E-state index contributed by atoms with van der Waals surface area (Å²) >= 11 is 0. The van der Waals surface area contributed by atoms with Gasteiger partial charge < -0.3 is 20.1 Å². The summed E-state index contributed by atoms with van der Waals surface area (Å²) in [6, 6.07) is 7.83. The number of hydrogen-bond donors (Lipinski definition) is 1. The third-order valence-corrected chi connectivity index (χ3v) is 8.17. The maximum atomic E-state index is 15.2. The van der Waals surface area contributed by atoms with Gasteiger partial charge in [-0.05, 0) is 73.4 Å². The summed E-state index contributed by atoms with van der Waals surface area (Å²) in [4.78, 5) is 40.9. The molecular weight excluding hydrogens is 558 g/mol. The van der Waals surface area contributed by atoms with Crippen LogP contribution < -0.4 is 15.9 Å². The summed E-state index contributed by atoms with van der Waals surface area (Å²) < 4.78 is 42.7. The summed E-state index contributed by atoms with van der Waals surface area (Å²) in [6.45, 7) is 7.04. The first-order valence-corrected chi connectivity index (χ1v) is 14.5. The van der Waals surface area contributed by atoms with Crippen molar-refractivity contribution in [2.24, 2.45) is 11.7 Å². The van der Waals surface area contributed by atoms with Gasteiger partial charge in [-0.2, -0.15) is 5.10 Å². The number of fused-ring (bicyclic) bond motifs is 3. The molecule has 5 rings (SSSR count). The molecule has 2 aromatic carbocycles. The van der Waals surface area contributed by atoms with E-state index in [2.05, 4.69) is 5.10 Å². The smallest absolute Gasteiger partial charge is 0.325 e. The van der Waals surface area contributed by atoms with E-state index in [4.69, 9.17) is 15.2 Å². The van der Waals surface area contributed by atoms with Gasteiger partial charge in [0.05, 0.1) is 12.2 Å². The Morgan fingerprint density at radius 3 is 2.19 bits per heavy atom. The second kappa shape index (κ2) is 12.2. The van der Waals surface area contributed by atoms with Crippen LogP contribution in [0.25, 0.3) is 0 Å². The van der Waals surface area contributed by atoms with Gasteiger partial charge in [-0.3, -0.25) is 19.1 Å². The first kappa shape index (κ1) is 30.3. The number of benzene rings is 2. The van der Waals surface area contributed by atoms with Gasteiger partial charge in [0.15, 0.2) is 5.69 Å². The van der Waals surface area contributed by atoms with Crippen molar-refractivity contribution in [3.63, 3.8) is 0 Å². The number of halogens is 2. The highest BCUT2D eigenvalue weighted by molar-refractivity contribution is 5.96. The predicted molar refractivity (Wildman–Crippen MR) is 155 cm³/mol. The quantitative estimate of drug-likeness (QED) is 0.308. The fourth-order valence-corrected chi connectivity index (χ4v) is 6.18. The Morgan fingerprint density at radius 1 is 1.02 bits per heavy atom. The molecule has 1 aromatic heterocycles. The fourth-order valence-electron chi connectivity index (χ4n) is 6.18. The van der Waals surface area contributed by atoms with Crippen molar-refractivity contribution in [3.8, 4) is 5.75 Å². The van der Waals surface area contributed by atoms with Crippen molar-refractivity contribution in [3.05, 3.63) is 92.4 Å². The fraction of sp³-hybridized carbons (Fsp3) is 0.438. The Balaban J connectivity index is 1.62. The van der Waals surface area contributed by atoms with Gasteiger partial charge in [0.25, 0.3) is 5.91 Å². The minimum absolute atomic E-state index is 0.125. The van der Waals surface area contributed by atoms with Crippen LogP contribution in [0, 0.1) is 17.6 Å². The maximum absolute atomic E-state index is 15.2. The molecule has 1 amide bonds. The zero-order valence-electron chi connectivity index (χ0n) is 24.7. The number of ether oxygens (including phenoxy) is 2. The van der Waals surface area contributed by atoms with Crippen LogP contribution in [0.4, 0.5) is 8.78 Å². The highest BCUT2D eigenvalue weighted by atomic mass is 19.1. The van der Waals surface area contributed by atoms with Gasteiger partial charge in [0.2, 0.25) is 18.0 Å². The highest BCUT2D eigenvalue weighted by Gasteiger charge is 2.43. The van der Waals surface area contributed by atoms with Crippen LogP contribution in [0.5, 0.6) is 5.75 Å². The van der Waals surface area contributed by atoms with E-state index >= 15 is 8.78 Å². The van der Waals surface area contributed by atoms with Crippen LogP contribution in [0.3, 0.4) is 0 Å². The van der Waals surface area contributed by atoms with Crippen molar-refractivity contribution in [1.29, 1.82) is 0 Å². The van der Waals surface area contributed by atoms with Gasteiger partial charge in [0, 0.05) is 18.5 Å². The molecule has 2 atom stereocenters. The number of aromatic nitrogens is 2. The molecular formula is C32H36F2N4O5. The molecule has 1 aliphatic carbocycles. The highest BCUT2D eigenvalue weighted by Crippen LogP contribution is 2.45. The number of amides is 1. The zero-order valence-corrected chi connectivity index (χ0v) is 24.7. The van der Waals surface area contributed by atoms with Crippen molar-refractivity contribution in [2.45, 2.75) is 71.0 Å². The standard InChI is InChI=1S/C32H36F2N4O5/c1-17(2)13-25(35)32(41)43-16-42-30-27(39)14-36-38-26(15-37(18(3)4)31(40)29(30)38)28-21-7-5-9-23(33)19(21)11-12-20-22(28)8-6-10-24(20)34/h5-10,14,17-18,25-26,28H,11-13,15-16,35H2,1-4H3. The van der Waals surface area contributed by atoms with E-state index in [0.717, 1.165) is 6.20 Å². The molecule has 0 saturated carbocycles. The van der Waals surface area contributed by atoms with Gasteiger partial charge in [-0.1, -0.05) is 38.1 Å². The van der Waals surface area contributed by atoms with E-state index < -0.39 is 53.7 Å². The Bertz CT molecular complexity index is 1550. The normalized spacial score (nSPS) is 17.3. The van der Waals surface area contributed by atoms with Gasteiger partial charge >= 0.3 is 5.97 Å². The average molecular weight is 595 g/mol. The summed E-state index contributed by atoms with van der Waals surface area (Å²) in [5.74, 6) is -2.74. The number of esters is 1. The molecule has 2 unspecified atom stereocenters. The molecule has 1 aliphatic heterocycles. The van der Waals surface area contributed by atoms with Crippen LogP contribution in [0.1, 0.15) is 78.8 Å². The summed E-state index contributed by atoms with van der Waals surface area (Å²) in [7, 11) is 0. The molecule has 9 nitrogen and oxygen atoms in total. The third kappa shape index (κ3) is 5.78. The van der Waals surface area contributed by atoms with Crippen molar-refractivity contribution >= 4 is 11.9 Å². The van der Waals surface area contributed by atoms with E-state index in [1.165, 1.54) is 16.8 Å². The SMILES string of the molecule is CC(C)CC(N)C(=O)OCOc1c2n(ncc1=O)C(C1c3cccc(F)c3CCc3c(F)cccc31)CN(C(C)C)C2=O. The van der Waals surface area contributed by atoms with Crippen molar-refractivity contribution < 1.29 is 27.8 Å². The van der Waals surface area contributed by atoms with Gasteiger partial charge in [-0.25, -0.2) is 8.78 Å². The molecule has 2 N–H and O–H groups in total. The van der Waals surface area contributed by atoms with Crippen LogP contribution in [-0.4, -0.2) is 52.0 Å². The van der Waals surface area contributed by atoms with Gasteiger partial charge in [-0.15, -0.1) is 0 Å². The van der Waals surface area contributed by atoms with Crippen molar-refractivity contribution in [2.75, 3.05) is 13.3 Å². The molecule has 43 heavy (non-hydrogen) atoms. The van der Waals surface area contributed by atoms with Crippen LogP contribution in [0.2, 0.25) is 0 Å². The van der Waals surface area contributed by atoms with E-state index in [1.54, 1.807) is 17.0 Å². The van der Waals surface area contributed by atoms with Gasteiger partial charge in [0.1, 0.15) is 17.7 Å². The Labute approximate surface area is 248 Å². The Hall–Kier alpha value is -4.12. The molecule has 0 bridgehead atoms. The second-order valence-corrected chi connectivity index (χ2v) is 11.8. The summed E-state index contributed by atoms with van der Waals surface area (Å²) in [5, 5.41) is 4.37. The number of carbonyl (C=O) groups excluding carboxylic acids is 2. The van der Waals surface area contributed by atoms with E-state index in [9.17, 15) is 14.4 Å². The Kier molecular flexibility index (Phi) is 8.64. The van der Waals surface area contributed by atoms with Crippen molar-refractivity contribution in [1.82, 2.24) is 14.7 Å². The molecule has 0 radical (unpaired) electrons. The lowest BCUT2D eigenvalue weighted by molar-refractivity contribution is -0.152. The maximum Gasteiger partial charge on any atom is 0.325 e. The summed E-state index contributed by atoms with van der Waals surface area (Å²) in [5.41, 5.74) is 7.37. The Morgan fingerprint density at radius 2 is 1.63 bits per heavy atom. The minimum atomic E-state index is -0.866. The molecule has 228 valence electrons. The topological polar surface area (TPSA) is 117 Å².